The monoisotopic (exact) mass is 248 g/mol. The summed E-state index contributed by atoms with van der Waals surface area (Å²) < 4.78 is 23.2. The van der Waals surface area contributed by atoms with E-state index >= 15 is 0 Å². The number of hydrogen-bond acceptors (Lipinski definition) is 4. The van der Waals surface area contributed by atoms with E-state index in [2.05, 4.69) is 0 Å². The molecule has 1 rings (SSSR count). The van der Waals surface area contributed by atoms with Crippen LogP contribution in [0.2, 0.25) is 0 Å². The highest BCUT2D eigenvalue weighted by Gasteiger charge is 2.30. The second-order valence-electron chi connectivity index (χ2n) is 4.51. The lowest BCUT2D eigenvalue weighted by atomic mass is 10.2. The summed E-state index contributed by atoms with van der Waals surface area (Å²) in [7, 11) is -3.03. The number of carbonyl (C=O) groups is 1. The standard InChI is InChI=1S/C10H20N2O3S/c1-8(2)16(14,15)7-6-12-5-3-4-9(12)10(11)13/h8-9H,3-7H2,1-2H3,(H2,11,13)/t9-/m1/s1. The molecule has 0 aromatic rings. The molecule has 0 unspecified atom stereocenters. The Morgan fingerprint density at radius 3 is 2.62 bits per heavy atom. The van der Waals surface area contributed by atoms with Crippen LogP contribution >= 0.6 is 0 Å². The first-order valence-corrected chi connectivity index (χ1v) is 7.31. The van der Waals surface area contributed by atoms with Crippen LogP contribution in [-0.2, 0) is 14.6 Å². The first-order valence-electron chi connectivity index (χ1n) is 5.59. The quantitative estimate of drug-likeness (QED) is 0.728. The van der Waals surface area contributed by atoms with E-state index < -0.39 is 9.84 Å². The molecule has 0 spiro atoms. The highest BCUT2D eigenvalue weighted by molar-refractivity contribution is 7.92. The van der Waals surface area contributed by atoms with Gasteiger partial charge in [-0.25, -0.2) is 8.42 Å². The van der Waals surface area contributed by atoms with Gasteiger partial charge in [-0.1, -0.05) is 0 Å². The Hall–Kier alpha value is -0.620. The largest absolute Gasteiger partial charge is 0.368 e. The molecule has 0 radical (unpaired) electrons. The number of nitrogens with zero attached hydrogens (tertiary/aromatic N) is 1. The number of carbonyl (C=O) groups excluding carboxylic acids is 1. The predicted molar refractivity (Wildman–Crippen MR) is 62.7 cm³/mol. The zero-order valence-corrected chi connectivity index (χ0v) is 10.7. The Balaban J connectivity index is 2.53. The predicted octanol–water partition coefficient (Wildman–Crippen LogP) is -0.241. The highest BCUT2D eigenvalue weighted by Crippen LogP contribution is 2.16. The van der Waals surface area contributed by atoms with Gasteiger partial charge in [0.1, 0.15) is 0 Å². The topological polar surface area (TPSA) is 80.5 Å². The Labute approximate surface area is 96.9 Å². The van der Waals surface area contributed by atoms with Crippen molar-refractivity contribution in [1.82, 2.24) is 4.90 Å². The maximum Gasteiger partial charge on any atom is 0.234 e. The van der Waals surface area contributed by atoms with Crippen molar-refractivity contribution in [2.45, 2.75) is 38.0 Å². The van der Waals surface area contributed by atoms with Crippen molar-refractivity contribution in [1.29, 1.82) is 0 Å². The summed E-state index contributed by atoms with van der Waals surface area (Å²) in [5.74, 6) is -0.242. The van der Waals surface area contributed by atoms with Crippen LogP contribution in [0.25, 0.3) is 0 Å². The Morgan fingerprint density at radius 1 is 1.50 bits per heavy atom. The zero-order valence-electron chi connectivity index (χ0n) is 9.85. The molecular weight excluding hydrogens is 228 g/mol. The molecule has 5 nitrogen and oxygen atoms in total. The molecule has 0 saturated carbocycles. The second-order valence-corrected chi connectivity index (χ2v) is 7.19. The van der Waals surface area contributed by atoms with E-state index in [0.29, 0.717) is 6.54 Å². The van der Waals surface area contributed by atoms with Crippen LogP contribution in [0.4, 0.5) is 0 Å². The number of primary amides is 1. The van der Waals surface area contributed by atoms with Gasteiger partial charge in [0.25, 0.3) is 0 Å². The minimum absolute atomic E-state index is 0.106. The third kappa shape index (κ3) is 3.18. The fraction of sp³-hybridized carbons (Fsp3) is 0.900. The summed E-state index contributed by atoms with van der Waals surface area (Å²) in [4.78, 5) is 13.0. The molecular formula is C10H20N2O3S. The van der Waals surface area contributed by atoms with Gasteiger partial charge < -0.3 is 5.73 Å². The summed E-state index contributed by atoms with van der Waals surface area (Å²) in [6.07, 6.45) is 1.66. The molecule has 0 aromatic heterocycles. The summed E-state index contributed by atoms with van der Waals surface area (Å²) in [5, 5.41) is -0.359. The average molecular weight is 248 g/mol. The van der Waals surface area contributed by atoms with Gasteiger partial charge in [-0.15, -0.1) is 0 Å². The van der Waals surface area contributed by atoms with Crippen LogP contribution in [0.1, 0.15) is 26.7 Å². The van der Waals surface area contributed by atoms with Crippen molar-refractivity contribution in [2.75, 3.05) is 18.8 Å². The molecule has 94 valence electrons. The molecule has 1 atom stereocenters. The van der Waals surface area contributed by atoms with E-state index in [1.807, 2.05) is 4.90 Å². The normalized spacial score (nSPS) is 22.8. The van der Waals surface area contributed by atoms with E-state index in [1.165, 1.54) is 0 Å². The van der Waals surface area contributed by atoms with E-state index in [0.717, 1.165) is 19.4 Å². The molecule has 0 bridgehead atoms. The molecule has 0 aliphatic carbocycles. The van der Waals surface area contributed by atoms with Crippen molar-refractivity contribution >= 4 is 15.7 Å². The summed E-state index contributed by atoms with van der Waals surface area (Å²) >= 11 is 0. The van der Waals surface area contributed by atoms with Gasteiger partial charge in [-0.3, -0.25) is 9.69 Å². The van der Waals surface area contributed by atoms with Gasteiger partial charge in [0.05, 0.1) is 17.0 Å². The van der Waals surface area contributed by atoms with Crippen molar-refractivity contribution in [2.24, 2.45) is 5.73 Å². The third-order valence-corrected chi connectivity index (χ3v) is 5.26. The van der Waals surface area contributed by atoms with Crippen LogP contribution in [0, 0.1) is 0 Å². The molecule has 1 amide bonds. The molecule has 1 saturated heterocycles. The number of hydrogen-bond donors (Lipinski definition) is 1. The molecule has 16 heavy (non-hydrogen) atoms. The Kier molecular flexibility index (Phi) is 4.32. The van der Waals surface area contributed by atoms with Gasteiger partial charge in [-0.05, 0) is 33.2 Å². The smallest absolute Gasteiger partial charge is 0.234 e. The van der Waals surface area contributed by atoms with Crippen molar-refractivity contribution in [3.8, 4) is 0 Å². The van der Waals surface area contributed by atoms with E-state index in [1.54, 1.807) is 13.8 Å². The lowest BCUT2D eigenvalue weighted by Gasteiger charge is -2.21. The summed E-state index contributed by atoms with van der Waals surface area (Å²) in [6, 6.07) is -0.276. The lowest BCUT2D eigenvalue weighted by Crippen LogP contribution is -2.42. The molecule has 1 aliphatic heterocycles. The van der Waals surface area contributed by atoms with Crippen LogP contribution < -0.4 is 5.73 Å². The van der Waals surface area contributed by atoms with Crippen molar-refractivity contribution in [3.05, 3.63) is 0 Å². The number of likely N-dealkylation sites (tertiary alicyclic amines) is 1. The molecule has 1 aliphatic rings. The first-order chi connectivity index (χ1) is 7.34. The zero-order chi connectivity index (χ0) is 12.3. The lowest BCUT2D eigenvalue weighted by molar-refractivity contribution is -0.122. The van der Waals surface area contributed by atoms with E-state index in [4.69, 9.17) is 5.73 Å². The second kappa shape index (κ2) is 5.14. The highest BCUT2D eigenvalue weighted by atomic mass is 32.2. The van der Waals surface area contributed by atoms with Crippen LogP contribution in [-0.4, -0.2) is 49.4 Å². The number of sulfone groups is 1. The van der Waals surface area contributed by atoms with E-state index in [-0.39, 0.29) is 23.0 Å². The fourth-order valence-corrected chi connectivity index (χ4v) is 2.86. The van der Waals surface area contributed by atoms with Crippen LogP contribution in [0.15, 0.2) is 0 Å². The maximum atomic E-state index is 11.6. The van der Waals surface area contributed by atoms with Crippen molar-refractivity contribution < 1.29 is 13.2 Å². The van der Waals surface area contributed by atoms with Crippen LogP contribution in [0.5, 0.6) is 0 Å². The SMILES string of the molecule is CC(C)S(=O)(=O)CCN1CCC[C@@H]1C(N)=O. The van der Waals surface area contributed by atoms with Gasteiger partial charge >= 0.3 is 0 Å². The van der Waals surface area contributed by atoms with Crippen molar-refractivity contribution in [3.63, 3.8) is 0 Å². The Morgan fingerprint density at radius 2 is 2.12 bits per heavy atom. The summed E-state index contributed by atoms with van der Waals surface area (Å²) in [5.41, 5.74) is 5.26. The molecule has 6 heteroatoms. The van der Waals surface area contributed by atoms with Gasteiger partial charge in [-0.2, -0.15) is 0 Å². The minimum atomic E-state index is -3.03. The molecule has 0 aromatic carbocycles. The molecule has 1 heterocycles. The average Bonchev–Trinajstić information content (AvgIpc) is 2.62. The first kappa shape index (κ1) is 13.4. The minimum Gasteiger partial charge on any atom is -0.368 e. The number of rotatable bonds is 5. The maximum absolute atomic E-state index is 11.6. The number of nitrogens with two attached hydrogens (primary N) is 1. The molecule has 2 N–H and O–H groups in total. The summed E-state index contributed by atoms with van der Waals surface area (Å²) in [6.45, 7) is 4.52. The fourth-order valence-electron chi connectivity index (χ4n) is 1.90. The van der Waals surface area contributed by atoms with E-state index in [9.17, 15) is 13.2 Å². The van der Waals surface area contributed by atoms with Gasteiger partial charge in [0.2, 0.25) is 5.91 Å². The van der Waals surface area contributed by atoms with Crippen LogP contribution in [0.3, 0.4) is 0 Å². The van der Waals surface area contributed by atoms with Gasteiger partial charge in [0.15, 0.2) is 9.84 Å². The molecule has 1 fully saturated rings. The Bertz CT molecular complexity index is 351. The number of amides is 1. The third-order valence-electron chi connectivity index (χ3n) is 3.07. The van der Waals surface area contributed by atoms with Gasteiger partial charge in [0, 0.05) is 6.54 Å².